The Morgan fingerprint density at radius 2 is 1.84 bits per heavy atom. The number of alkyl halides is 3. The summed E-state index contributed by atoms with van der Waals surface area (Å²) in [7, 11) is 0. The minimum Gasteiger partial charge on any atom is -0.325 e. The van der Waals surface area contributed by atoms with Gasteiger partial charge in [0.1, 0.15) is 11.4 Å². The Hall–Kier alpha value is -2.82. The molecule has 164 valence electrons. The van der Waals surface area contributed by atoms with Crippen molar-refractivity contribution in [2.75, 3.05) is 11.1 Å². The van der Waals surface area contributed by atoms with Crippen LogP contribution >= 0.6 is 35.0 Å². The van der Waals surface area contributed by atoms with Gasteiger partial charge in [-0.2, -0.15) is 18.3 Å². The van der Waals surface area contributed by atoms with Gasteiger partial charge in [0.05, 0.1) is 33.6 Å². The summed E-state index contributed by atoms with van der Waals surface area (Å²) in [5.41, 5.74) is 0.269. The van der Waals surface area contributed by atoms with Crippen molar-refractivity contribution in [1.82, 2.24) is 19.7 Å². The number of fused-ring (bicyclic) bond motifs is 1. The van der Waals surface area contributed by atoms with Crippen molar-refractivity contribution in [3.63, 3.8) is 0 Å². The molecule has 4 rings (SSSR count). The number of nitrogens with one attached hydrogen (secondary N) is 1. The molecule has 0 radical (unpaired) electrons. The van der Waals surface area contributed by atoms with Gasteiger partial charge < -0.3 is 5.32 Å². The highest BCUT2D eigenvalue weighted by Gasteiger charge is 2.33. The monoisotopic (exact) mass is 497 g/mol. The highest BCUT2D eigenvalue weighted by molar-refractivity contribution is 8.00. The fourth-order valence-corrected chi connectivity index (χ4v) is 3.97. The van der Waals surface area contributed by atoms with Crippen LogP contribution in [0.25, 0.3) is 16.7 Å². The highest BCUT2D eigenvalue weighted by atomic mass is 35.5. The van der Waals surface area contributed by atoms with Gasteiger partial charge in [-0.3, -0.25) is 4.79 Å². The minimum atomic E-state index is -4.62. The van der Waals surface area contributed by atoms with Crippen LogP contribution in [0.1, 0.15) is 5.56 Å². The molecule has 0 saturated carbocycles. The van der Waals surface area contributed by atoms with Crippen LogP contribution in [0.3, 0.4) is 0 Å². The van der Waals surface area contributed by atoms with E-state index in [-0.39, 0.29) is 11.4 Å². The van der Waals surface area contributed by atoms with Gasteiger partial charge in [0, 0.05) is 10.7 Å². The van der Waals surface area contributed by atoms with Crippen molar-refractivity contribution in [2.45, 2.75) is 11.2 Å². The number of halogens is 5. The third kappa shape index (κ3) is 4.82. The normalized spacial score (nSPS) is 11.7. The number of nitrogens with zero attached hydrogens (tertiary/aromatic N) is 4. The maximum Gasteiger partial charge on any atom is 0.417 e. The van der Waals surface area contributed by atoms with E-state index in [2.05, 4.69) is 20.4 Å². The topological polar surface area (TPSA) is 72.7 Å². The van der Waals surface area contributed by atoms with E-state index < -0.39 is 22.7 Å². The van der Waals surface area contributed by atoms with E-state index in [0.717, 1.165) is 29.6 Å². The minimum absolute atomic E-state index is 0.00397. The van der Waals surface area contributed by atoms with Crippen LogP contribution in [-0.2, 0) is 11.0 Å². The molecule has 12 heteroatoms. The Morgan fingerprint density at radius 1 is 1.09 bits per heavy atom. The zero-order valence-corrected chi connectivity index (χ0v) is 18.2. The summed E-state index contributed by atoms with van der Waals surface area (Å²) in [5, 5.41) is 8.06. The molecule has 0 unspecified atom stereocenters. The molecule has 1 N–H and O–H groups in total. The predicted molar refractivity (Wildman–Crippen MR) is 117 cm³/mol. The van der Waals surface area contributed by atoms with Crippen LogP contribution in [0.15, 0.2) is 60.0 Å². The summed E-state index contributed by atoms with van der Waals surface area (Å²) in [5.74, 6) is -0.579. The lowest BCUT2D eigenvalue weighted by atomic mass is 10.2. The van der Waals surface area contributed by atoms with Crippen LogP contribution in [-0.4, -0.2) is 31.4 Å². The van der Waals surface area contributed by atoms with Crippen molar-refractivity contribution in [1.29, 1.82) is 0 Å². The number of hydrogen-bond donors (Lipinski definition) is 1. The molecule has 32 heavy (non-hydrogen) atoms. The third-order valence-electron chi connectivity index (χ3n) is 4.30. The van der Waals surface area contributed by atoms with Gasteiger partial charge in [-0.15, -0.1) is 0 Å². The first kappa shape index (κ1) is 22.4. The summed E-state index contributed by atoms with van der Waals surface area (Å²) in [6.45, 7) is 0. The van der Waals surface area contributed by atoms with Gasteiger partial charge in [-0.1, -0.05) is 35.0 Å². The Kier molecular flexibility index (Phi) is 6.27. The summed E-state index contributed by atoms with van der Waals surface area (Å²) in [6.07, 6.45) is -1.69. The first-order valence-corrected chi connectivity index (χ1v) is 10.7. The molecule has 1 amide bonds. The molecule has 6 nitrogen and oxygen atoms in total. The Balaban J connectivity index is 1.49. The quantitative estimate of drug-likeness (QED) is 0.275. The van der Waals surface area contributed by atoms with Crippen molar-refractivity contribution in [3.8, 4) is 5.69 Å². The number of carbonyl (C=O) groups excluding carboxylic acids is 1. The first-order chi connectivity index (χ1) is 15.2. The number of benzene rings is 2. The standard InChI is InChI=1S/C20H12Cl2F3N5OS/c21-11-1-4-13(5-2-11)30-18-14(8-28-30)19(27-10-26-18)32-9-17(31)29-12-3-6-16(22)15(7-12)20(23,24)25/h1-8,10H,9H2,(H,29,31). The average Bonchev–Trinajstić information content (AvgIpc) is 3.18. The van der Waals surface area contributed by atoms with E-state index in [0.29, 0.717) is 21.1 Å². The van der Waals surface area contributed by atoms with Gasteiger partial charge in [0.2, 0.25) is 5.91 Å². The van der Waals surface area contributed by atoms with Crippen molar-refractivity contribution in [2.24, 2.45) is 0 Å². The van der Waals surface area contributed by atoms with Crippen molar-refractivity contribution in [3.05, 3.63) is 70.6 Å². The lowest BCUT2D eigenvalue weighted by molar-refractivity contribution is -0.137. The van der Waals surface area contributed by atoms with Crippen molar-refractivity contribution < 1.29 is 18.0 Å². The molecule has 0 fully saturated rings. The number of hydrogen-bond acceptors (Lipinski definition) is 5. The van der Waals surface area contributed by atoms with Crippen molar-refractivity contribution >= 4 is 57.6 Å². The predicted octanol–water partition coefficient (Wildman–Crippen LogP) is 5.87. The molecule has 0 atom stereocenters. The van der Waals surface area contributed by atoms with Gasteiger partial charge in [-0.25, -0.2) is 14.6 Å². The summed E-state index contributed by atoms with van der Waals surface area (Å²) in [6, 6.07) is 10.2. The molecule has 2 aromatic heterocycles. The molecule has 0 aliphatic carbocycles. The molecule has 0 saturated heterocycles. The van der Waals surface area contributed by atoms with Crippen LogP contribution in [0.2, 0.25) is 10.0 Å². The maximum atomic E-state index is 13.0. The highest BCUT2D eigenvalue weighted by Crippen LogP contribution is 2.36. The van der Waals surface area contributed by atoms with Gasteiger partial charge >= 0.3 is 6.18 Å². The molecule has 0 aliphatic rings. The average molecular weight is 498 g/mol. The smallest absolute Gasteiger partial charge is 0.325 e. The Labute approximate surface area is 193 Å². The molecule has 0 aliphatic heterocycles. The Bertz CT molecular complexity index is 1290. The van der Waals surface area contributed by atoms with Crippen LogP contribution in [0.5, 0.6) is 0 Å². The second kappa shape index (κ2) is 8.97. The number of thioether (sulfide) groups is 1. The van der Waals surface area contributed by atoms with E-state index in [1.807, 2.05) is 0 Å². The second-order valence-corrected chi connectivity index (χ2v) is 8.29. The zero-order chi connectivity index (χ0) is 22.9. The molecule has 0 bridgehead atoms. The van der Waals surface area contributed by atoms with E-state index in [4.69, 9.17) is 23.2 Å². The molecule has 0 spiro atoms. The molecule has 4 aromatic rings. The van der Waals surface area contributed by atoms with Crippen LogP contribution in [0, 0.1) is 0 Å². The van der Waals surface area contributed by atoms with E-state index in [1.54, 1.807) is 35.1 Å². The summed E-state index contributed by atoms with van der Waals surface area (Å²) in [4.78, 5) is 20.8. The number of carbonyl (C=O) groups is 1. The molecule has 2 heterocycles. The van der Waals surface area contributed by atoms with Gasteiger partial charge in [-0.05, 0) is 42.5 Å². The van der Waals surface area contributed by atoms with Gasteiger partial charge in [0.25, 0.3) is 0 Å². The van der Waals surface area contributed by atoms with E-state index in [1.165, 1.54) is 12.4 Å². The van der Waals surface area contributed by atoms with Crippen LogP contribution < -0.4 is 5.32 Å². The Morgan fingerprint density at radius 3 is 2.56 bits per heavy atom. The first-order valence-electron chi connectivity index (χ1n) is 8.96. The van der Waals surface area contributed by atoms with Crippen LogP contribution in [0.4, 0.5) is 18.9 Å². The number of aromatic nitrogens is 4. The number of rotatable bonds is 5. The lowest BCUT2D eigenvalue weighted by Gasteiger charge is -2.11. The number of anilines is 1. The summed E-state index contributed by atoms with van der Waals surface area (Å²) < 4.78 is 40.6. The molecular weight excluding hydrogens is 486 g/mol. The third-order valence-corrected chi connectivity index (χ3v) is 5.88. The largest absolute Gasteiger partial charge is 0.417 e. The lowest BCUT2D eigenvalue weighted by Crippen LogP contribution is -2.15. The number of amides is 1. The van der Waals surface area contributed by atoms with E-state index >= 15 is 0 Å². The second-order valence-electron chi connectivity index (χ2n) is 6.48. The SMILES string of the molecule is O=C(CSc1ncnc2c1cnn2-c1ccc(Cl)cc1)Nc1ccc(Cl)c(C(F)(F)F)c1. The van der Waals surface area contributed by atoms with E-state index in [9.17, 15) is 18.0 Å². The maximum absolute atomic E-state index is 13.0. The molecular formula is C20H12Cl2F3N5OS. The fourth-order valence-electron chi connectivity index (χ4n) is 2.86. The zero-order valence-electron chi connectivity index (χ0n) is 15.9. The fraction of sp³-hybridized carbons (Fsp3) is 0.100. The van der Waals surface area contributed by atoms with Gasteiger partial charge in [0.15, 0.2) is 5.65 Å². The molecule has 2 aromatic carbocycles. The summed E-state index contributed by atoms with van der Waals surface area (Å²) >= 11 is 12.6.